The molecule has 9 heteroatoms. The van der Waals surface area contributed by atoms with Crippen molar-refractivity contribution < 1.29 is 24.3 Å². The maximum absolute atomic E-state index is 13.8. The molecule has 3 atom stereocenters. The normalized spacial score (nSPS) is 17.6. The lowest BCUT2D eigenvalue weighted by Gasteiger charge is -2.31. The summed E-state index contributed by atoms with van der Waals surface area (Å²) in [7, 11) is 0. The number of halogens is 1. The van der Waals surface area contributed by atoms with E-state index in [2.05, 4.69) is 5.32 Å². The summed E-state index contributed by atoms with van der Waals surface area (Å²) in [5.41, 5.74) is 2.94. The number of rotatable bonds is 9. The highest BCUT2D eigenvalue weighted by molar-refractivity contribution is 6.34. The number of benzene rings is 3. The summed E-state index contributed by atoms with van der Waals surface area (Å²) < 4.78 is 0. The van der Waals surface area contributed by atoms with Gasteiger partial charge in [0.2, 0.25) is 5.91 Å². The van der Waals surface area contributed by atoms with Gasteiger partial charge in [-0.2, -0.15) is 0 Å². The fourth-order valence-corrected chi connectivity index (χ4v) is 5.64. The third-order valence-corrected chi connectivity index (χ3v) is 7.54. The second-order valence-electron chi connectivity index (χ2n) is 10.7. The second kappa shape index (κ2) is 12.6. The molecule has 1 fully saturated rings. The van der Waals surface area contributed by atoms with Gasteiger partial charge in [0, 0.05) is 19.0 Å². The quantitative estimate of drug-likeness (QED) is 0.356. The van der Waals surface area contributed by atoms with Crippen LogP contribution in [-0.2, 0) is 20.8 Å². The van der Waals surface area contributed by atoms with Gasteiger partial charge in [0.1, 0.15) is 18.2 Å². The zero-order valence-corrected chi connectivity index (χ0v) is 24.3. The molecule has 0 saturated carbocycles. The number of carbonyl (C=O) groups is 4. The van der Waals surface area contributed by atoms with Crippen molar-refractivity contribution in [3.63, 3.8) is 0 Å². The molecule has 8 nitrogen and oxygen atoms in total. The highest BCUT2D eigenvalue weighted by atomic mass is 35.5. The summed E-state index contributed by atoms with van der Waals surface area (Å²) >= 11 is 6.20. The highest BCUT2D eigenvalue weighted by Crippen LogP contribution is 2.40. The molecule has 0 bridgehead atoms. The van der Waals surface area contributed by atoms with E-state index in [-0.39, 0.29) is 34.7 Å². The number of nitrogens with one attached hydrogen (secondary N) is 1. The Kier molecular flexibility index (Phi) is 9.13. The van der Waals surface area contributed by atoms with Crippen molar-refractivity contribution in [3.05, 3.63) is 100 Å². The minimum atomic E-state index is -1.20. The van der Waals surface area contributed by atoms with Crippen molar-refractivity contribution in [2.45, 2.75) is 58.8 Å². The molecule has 0 aliphatic carbocycles. The van der Waals surface area contributed by atoms with Gasteiger partial charge >= 0.3 is 5.97 Å². The standard InChI is InChI=1S/C32H34ClN3O5/c1-19(2)17-27-31(39)36(30(35(27)21(4)37)23-10-6-5-7-11-23)24-15-13-22(14-16-24)18-26(32(40)41)34-29(38)28-20(3)9-8-12-25(28)33/h5-16,19,26-27,30H,17-18H2,1-4H3,(H,34,38)(H,40,41)/t26-,27+,30+/m0/s1. The molecule has 1 aliphatic heterocycles. The molecule has 41 heavy (non-hydrogen) atoms. The topological polar surface area (TPSA) is 107 Å². The first kappa shape index (κ1) is 29.8. The first-order valence-corrected chi connectivity index (χ1v) is 13.9. The van der Waals surface area contributed by atoms with Gasteiger partial charge in [-0.05, 0) is 54.2 Å². The number of carboxylic acid groups (broad SMARTS) is 1. The number of carbonyl (C=O) groups excluding carboxylic acids is 3. The van der Waals surface area contributed by atoms with E-state index < -0.39 is 30.1 Å². The highest BCUT2D eigenvalue weighted by Gasteiger charge is 2.48. The van der Waals surface area contributed by atoms with Gasteiger partial charge in [0.05, 0.1) is 10.6 Å². The summed E-state index contributed by atoms with van der Waals surface area (Å²) in [4.78, 5) is 54.9. The Hall–Kier alpha value is -4.17. The summed E-state index contributed by atoms with van der Waals surface area (Å²) in [6.45, 7) is 7.25. The molecule has 0 aromatic heterocycles. The fourth-order valence-electron chi connectivity index (χ4n) is 5.33. The lowest BCUT2D eigenvalue weighted by Crippen LogP contribution is -2.42. The van der Waals surface area contributed by atoms with Crippen molar-refractivity contribution in [1.29, 1.82) is 0 Å². The molecular weight excluding hydrogens is 542 g/mol. The van der Waals surface area contributed by atoms with Crippen LogP contribution in [0.2, 0.25) is 5.02 Å². The SMILES string of the molecule is CC(=O)N1[C@H](CC(C)C)C(=O)N(c2ccc(C[C@H](NC(=O)c3c(C)cccc3Cl)C(=O)O)cc2)[C@@H]1c1ccccc1. The van der Waals surface area contributed by atoms with Gasteiger partial charge in [-0.25, -0.2) is 4.79 Å². The molecular formula is C32H34ClN3O5. The molecule has 3 amide bonds. The largest absolute Gasteiger partial charge is 0.480 e. The molecule has 214 valence electrons. The predicted molar refractivity (Wildman–Crippen MR) is 158 cm³/mol. The van der Waals surface area contributed by atoms with E-state index in [4.69, 9.17) is 11.6 Å². The van der Waals surface area contributed by atoms with Gasteiger partial charge < -0.3 is 15.3 Å². The van der Waals surface area contributed by atoms with E-state index in [0.717, 1.165) is 5.56 Å². The van der Waals surface area contributed by atoms with Crippen LogP contribution in [0.15, 0.2) is 72.8 Å². The Balaban J connectivity index is 1.61. The number of hydrogen-bond donors (Lipinski definition) is 2. The van der Waals surface area contributed by atoms with Crippen LogP contribution in [0, 0.1) is 12.8 Å². The van der Waals surface area contributed by atoms with Gasteiger partial charge in [-0.15, -0.1) is 0 Å². The van der Waals surface area contributed by atoms with Crippen LogP contribution in [0.4, 0.5) is 5.69 Å². The number of amides is 3. The van der Waals surface area contributed by atoms with Gasteiger partial charge in [0.25, 0.3) is 11.8 Å². The molecule has 0 unspecified atom stereocenters. The maximum Gasteiger partial charge on any atom is 0.326 e. The van der Waals surface area contributed by atoms with Crippen LogP contribution in [0.1, 0.15) is 60.4 Å². The molecule has 1 heterocycles. The minimum Gasteiger partial charge on any atom is -0.480 e. The third-order valence-electron chi connectivity index (χ3n) is 7.23. The summed E-state index contributed by atoms with van der Waals surface area (Å²) in [5, 5.41) is 12.7. The molecule has 0 radical (unpaired) electrons. The number of aryl methyl sites for hydroxylation is 1. The van der Waals surface area contributed by atoms with E-state index in [0.29, 0.717) is 23.2 Å². The lowest BCUT2D eigenvalue weighted by molar-refractivity contribution is -0.139. The predicted octanol–water partition coefficient (Wildman–Crippen LogP) is 5.38. The fraction of sp³-hybridized carbons (Fsp3) is 0.312. The molecule has 4 rings (SSSR count). The molecule has 3 aromatic carbocycles. The Morgan fingerprint density at radius 2 is 1.63 bits per heavy atom. The van der Waals surface area contributed by atoms with E-state index in [1.165, 1.54) is 6.92 Å². The van der Waals surface area contributed by atoms with Gasteiger partial charge in [-0.1, -0.05) is 80.0 Å². The smallest absolute Gasteiger partial charge is 0.326 e. The van der Waals surface area contributed by atoms with Crippen LogP contribution >= 0.6 is 11.6 Å². The van der Waals surface area contributed by atoms with Crippen molar-refractivity contribution in [1.82, 2.24) is 10.2 Å². The number of carboxylic acids is 1. The number of nitrogens with zero attached hydrogens (tertiary/aromatic N) is 2. The first-order valence-electron chi connectivity index (χ1n) is 13.5. The molecule has 2 N–H and O–H groups in total. The van der Waals surface area contributed by atoms with Crippen molar-refractivity contribution >= 4 is 41.0 Å². The van der Waals surface area contributed by atoms with Crippen LogP contribution < -0.4 is 10.2 Å². The molecule has 1 aliphatic rings. The van der Waals surface area contributed by atoms with Gasteiger partial charge in [-0.3, -0.25) is 19.3 Å². The van der Waals surface area contributed by atoms with Crippen LogP contribution in [0.5, 0.6) is 0 Å². The Morgan fingerprint density at radius 3 is 2.20 bits per heavy atom. The first-order chi connectivity index (χ1) is 19.5. The monoisotopic (exact) mass is 575 g/mol. The Labute approximate surface area is 244 Å². The molecule has 0 spiro atoms. The summed E-state index contributed by atoms with van der Waals surface area (Å²) in [6.07, 6.45) is -0.0572. The molecule has 1 saturated heterocycles. The summed E-state index contributed by atoms with van der Waals surface area (Å²) in [5.74, 6) is -1.90. The van der Waals surface area contributed by atoms with E-state index in [1.807, 2.05) is 44.2 Å². The number of anilines is 1. The molecule has 3 aromatic rings. The van der Waals surface area contributed by atoms with E-state index in [1.54, 1.807) is 59.2 Å². The Bertz CT molecular complexity index is 1420. The van der Waals surface area contributed by atoms with Crippen LogP contribution in [-0.4, -0.2) is 45.8 Å². The lowest BCUT2D eigenvalue weighted by atomic mass is 10.0. The second-order valence-corrected chi connectivity index (χ2v) is 11.1. The van der Waals surface area contributed by atoms with E-state index in [9.17, 15) is 24.3 Å². The number of hydrogen-bond acceptors (Lipinski definition) is 4. The zero-order valence-electron chi connectivity index (χ0n) is 23.5. The zero-order chi connectivity index (χ0) is 29.8. The van der Waals surface area contributed by atoms with Crippen LogP contribution in [0.3, 0.4) is 0 Å². The Morgan fingerprint density at radius 1 is 0.976 bits per heavy atom. The minimum absolute atomic E-state index is 0.0243. The van der Waals surface area contributed by atoms with E-state index >= 15 is 0 Å². The van der Waals surface area contributed by atoms with Gasteiger partial charge in [0.15, 0.2) is 0 Å². The average Bonchev–Trinajstić information content (AvgIpc) is 3.20. The van der Waals surface area contributed by atoms with Crippen molar-refractivity contribution in [3.8, 4) is 0 Å². The average molecular weight is 576 g/mol. The third kappa shape index (κ3) is 6.43. The van der Waals surface area contributed by atoms with Crippen LogP contribution in [0.25, 0.3) is 0 Å². The summed E-state index contributed by atoms with van der Waals surface area (Å²) in [6, 6.07) is 19.6. The number of aliphatic carboxylic acids is 1. The van der Waals surface area contributed by atoms with Crippen molar-refractivity contribution in [2.24, 2.45) is 5.92 Å². The van der Waals surface area contributed by atoms with Crippen molar-refractivity contribution in [2.75, 3.05) is 4.90 Å². The maximum atomic E-state index is 13.8.